The molecule has 0 amide bonds. The van der Waals surface area contributed by atoms with E-state index in [1.165, 1.54) is 49.4 Å². The Bertz CT molecular complexity index is 827. The average molecular weight is 449 g/mol. The Kier molecular flexibility index (Phi) is 11.1. The van der Waals surface area contributed by atoms with Crippen molar-refractivity contribution in [3.05, 3.63) is 35.4 Å². The van der Waals surface area contributed by atoms with Gasteiger partial charge in [0.2, 0.25) is 5.16 Å². The van der Waals surface area contributed by atoms with Crippen molar-refractivity contribution in [1.29, 1.82) is 0 Å². The summed E-state index contributed by atoms with van der Waals surface area (Å²) in [5.41, 5.74) is 2.17. The second-order valence-electron chi connectivity index (χ2n) is 7.60. The Morgan fingerprint density at radius 2 is 1.77 bits per heavy atom. The number of aliphatic carboxylic acids is 2. The summed E-state index contributed by atoms with van der Waals surface area (Å²) in [5.74, 6) is -1.74. The van der Waals surface area contributed by atoms with Crippen molar-refractivity contribution in [3.8, 4) is 0 Å². The van der Waals surface area contributed by atoms with Gasteiger partial charge in [0.05, 0.1) is 6.42 Å². The quantitative estimate of drug-likeness (QED) is 0.279. The van der Waals surface area contributed by atoms with Crippen molar-refractivity contribution in [2.75, 3.05) is 0 Å². The van der Waals surface area contributed by atoms with Gasteiger partial charge in [0, 0.05) is 18.2 Å². The number of carboxylic acid groups (broad SMARTS) is 2. The molecule has 2 aromatic rings. The largest absolute Gasteiger partial charge is 0.481 e. The van der Waals surface area contributed by atoms with Crippen molar-refractivity contribution in [3.63, 3.8) is 0 Å². The predicted octanol–water partition coefficient (Wildman–Crippen LogP) is 4.75. The van der Waals surface area contributed by atoms with E-state index in [-0.39, 0.29) is 18.1 Å². The summed E-state index contributed by atoms with van der Waals surface area (Å²) in [5, 5.41) is 30.2. The molecule has 2 rings (SSSR count). The highest BCUT2D eigenvalue weighted by atomic mass is 32.2. The maximum atomic E-state index is 11.6. The van der Waals surface area contributed by atoms with Gasteiger partial charge in [-0.25, -0.2) is 4.68 Å². The van der Waals surface area contributed by atoms with Crippen LogP contribution in [0.3, 0.4) is 0 Å². The molecule has 0 radical (unpaired) electrons. The summed E-state index contributed by atoms with van der Waals surface area (Å²) < 4.78 is 1.55. The van der Waals surface area contributed by atoms with Gasteiger partial charge in [-0.05, 0) is 40.8 Å². The first kappa shape index (κ1) is 24.8. The highest BCUT2D eigenvalue weighted by Crippen LogP contribution is 2.38. The lowest BCUT2D eigenvalue weighted by atomic mass is 9.97. The molecular weight excluding hydrogens is 416 g/mol. The number of hydrogen-bond donors (Lipinski definition) is 2. The van der Waals surface area contributed by atoms with Gasteiger partial charge in [-0.3, -0.25) is 9.59 Å². The van der Waals surface area contributed by atoms with Gasteiger partial charge < -0.3 is 10.2 Å². The number of hydrogen-bond acceptors (Lipinski definition) is 6. The van der Waals surface area contributed by atoms with Crippen LogP contribution in [-0.2, 0) is 22.6 Å². The van der Waals surface area contributed by atoms with Gasteiger partial charge in [-0.15, -0.1) is 5.10 Å². The molecule has 9 heteroatoms. The maximum Gasteiger partial charge on any atom is 0.304 e. The first-order valence-corrected chi connectivity index (χ1v) is 11.8. The van der Waals surface area contributed by atoms with Crippen molar-refractivity contribution in [1.82, 2.24) is 20.2 Å². The Hall–Kier alpha value is -2.42. The maximum absolute atomic E-state index is 11.6. The number of carboxylic acids is 2. The first-order chi connectivity index (χ1) is 15.0. The second kappa shape index (κ2) is 13.8. The fourth-order valence-corrected chi connectivity index (χ4v) is 4.64. The molecule has 0 saturated carbocycles. The van der Waals surface area contributed by atoms with Crippen molar-refractivity contribution in [2.24, 2.45) is 0 Å². The molecule has 170 valence electrons. The van der Waals surface area contributed by atoms with Crippen LogP contribution in [0.5, 0.6) is 0 Å². The fraction of sp³-hybridized carbons (Fsp3) is 0.591. The SMILES string of the molecule is CCCCCCCCc1ccccc1C(CC(=O)O)Sc1nnnn1CCCC(=O)O. The molecule has 0 bridgehead atoms. The van der Waals surface area contributed by atoms with E-state index in [0.29, 0.717) is 18.1 Å². The van der Waals surface area contributed by atoms with E-state index >= 15 is 0 Å². The summed E-state index contributed by atoms with van der Waals surface area (Å²) >= 11 is 1.33. The molecule has 0 aliphatic heterocycles. The fourth-order valence-electron chi connectivity index (χ4n) is 3.47. The average Bonchev–Trinajstić information content (AvgIpc) is 3.17. The predicted molar refractivity (Wildman–Crippen MR) is 119 cm³/mol. The summed E-state index contributed by atoms with van der Waals surface area (Å²) in [6, 6.07) is 8.00. The van der Waals surface area contributed by atoms with Crippen LogP contribution in [-0.4, -0.2) is 42.4 Å². The number of carbonyl (C=O) groups is 2. The Labute approximate surface area is 187 Å². The zero-order valence-electron chi connectivity index (χ0n) is 18.1. The lowest BCUT2D eigenvalue weighted by Crippen LogP contribution is -2.09. The number of benzene rings is 1. The van der Waals surface area contributed by atoms with Crippen molar-refractivity contribution in [2.45, 2.75) is 88.1 Å². The van der Waals surface area contributed by atoms with Crippen LogP contribution >= 0.6 is 11.8 Å². The van der Waals surface area contributed by atoms with E-state index in [2.05, 4.69) is 28.5 Å². The molecule has 1 heterocycles. The van der Waals surface area contributed by atoms with Crippen LogP contribution in [0, 0.1) is 0 Å². The topological polar surface area (TPSA) is 118 Å². The van der Waals surface area contributed by atoms with Crippen molar-refractivity contribution >= 4 is 23.7 Å². The van der Waals surface area contributed by atoms with Crippen LogP contribution in [0.25, 0.3) is 0 Å². The highest BCUT2D eigenvalue weighted by Gasteiger charge is 2.23. The van der Waals surface area contributed by atoms with E-state index < -0.39 is 11.9 Å². The van der Waals surface area contributed by atoms with Crippen LogP contribution in [0.4, 0.5) is 0 Å². The van der Waals surface area contributed by atoms with Gasteiger partial charge in [-0.2, -0.15) is 0 Å². The molecule has 1 aromatic carbocycles. The monoisotopic (exact) mass is 448 g/mol. The molecule has 1 atom stereocenters. The zero-order chi connectivity index (χ0) is 22.5. The highest BCUT2D eigenvalue weighted by molar-refractivity contribution is 7.99. The van der Waals surface area contributed by atoms with Crippen molar-refractivity contribution < 1.29 is 19.8 Å². The third-order valence-corrected chi connectivity index (χ3v) is 6.28. The number of rotatable bonds is 16. The molecular formula is C22H32N4O4S. The van der Waals surface area contributed by atoms with Gasteiger partial charge >= 0.3 is 11.9 Å². The molecule has 0 aliphatic carbocycles. The first-order valence-electron chi connectivity index (χ1n) is 11.0. The molecule has 2 N–H and O–H groups in total. The molecule has 0 fully saturated rings. The number of unbranched alkanes of at least 4 members (excludes halogenated alkanes) is 5. The Balaban J connectivity index is 2.08. The normalized spacial score (nSPS) is 12.0. The molecule has 31 heavy (non-hydrogen) atoms. The number of tetrazole rings is 1. The molecule has 0 aliphatic rings. The van der Waals surface area contributed by atoms with Crippen LogP contribution in [0.15, 0.2) is 29.4 Å². The Morgan fingerprint density at radius 1 is 1.03 bits per heavy atom. The molecule has 1 unspecified atom stereocenters. The van der Waals surface area contributed by atoms with E-state index in [9.17, 15) is 14.7 Å². The minimum absolute atomic E-state index is 0.0314. The van der Waals surface area contributed by atoms with E-state index in [1.807, 2.05) is 18.2 Å². The summed E-state index contributed by atoms with van der Waals surface area (Å²) in [6.45, 7) is 2.58. The number of thioether (sulfide) groups is 1. The zero-order valence-corrected chi connectivity index (χ0v) is 18.9. The summed E-state index contributed by atoms with van der Waals surface area (Å²) in [4.78, 5) is 22.3. The van der Waals surface area contributed by atoms with Gasteiger partial charge in [0.25, 0.3) is 0 Å². The van der Waals surface area contributed by atoms with Gasteiger partial charge in [0.1, 0.15) is 0 Å². The minimum atomic E-state index is -0.878. The van der Waals surface area contributed by atoms with E-state index in [0.717, 1.165) is 18.4 Å². The van der Waals surface area contributed by atoms with Crippen LogP contribution < -0.4 is 0 Å². The minimum Gasteiger partial charge on any atom is -0.481 e. The van der Waals surface area contributed by atoms with Crippen LogP contribution in [0.2, 0.25) is 0 Å². The summed E-state index contributed by atoms with van der Waals surface area (Å²) in [7, 11) is 0. The molecule has 1 aromatic heterocycles. The lowest BCUT2D eigenvalue weighted by molar-refractivity contribution is -0.138. The van der Waals surface area contributed by atoms with E-state index in [4.69, 9.17) is 5.11 Å². The number of nitrogens with zero attached hydrogens (tertiary/aromatic N) is 4. The van der Waals surface area contributed by atoms with Gasteiger partial charge in [-0.1, -0.05) is 75.1 Å². The number of aryl methyl sites for hydroxylation is 2. The van der Waals surface area contributed by atoms with Gasteiger partial charge in [0.15, 0.2) is 0 Å². The lowest BCUT2D eigenvalue weighted by Gasteiger charge is -2.18. The Morgan fingerprint density at radius 3 is 2.52 bits per heavy atom. The molecule has 0 spiro atoms. The van der Waals surface area contributed by atoms with E-state index in [1.54, 1.807) is 4.68 Å². The standard InChI is InChI=1S/C22H32N4O4S/c1-2-3-4-5-6-7-11-17-12-8-9-13-18(17)19(16-21(29)30)31-22-23-24-25-26(22)15-10-14-20(27)28/h8-9,12-13,19H,2-7,10-11,14-16H2,1H3,(H,27,28)(H,29,30). The molecule has 0 saturated heterocycles. The third-order valence-electron chi connectivity index (χ3n) is 5.07. The summed E-state index contributed by atoms with van der Waals surface area (Å²) in [6.07, 6.45) is 8.57. The smallest absolute Gasteiger partial charge is 0.304 e. The van der Waals surface area contributed by atoms with Crippen LogP contribution in [0.1, 0.15) is 81.1 Å². The second-order valence-corrected chi connectivity index (χ2v) is 8.77. The molecule has 8 nitrogen and oxygen atoms in total. The third kappa shape index (κ3) is 9.08. The number of aromatic nitrogens is 4.